The van der Waals surface area contributed by atoms with Gasteiger partial charge in [-0.15, -0.1) is 0 Å². The SMILES string of the molecule is Cc1cccc(C)c1NC(=O)CO/N=C(/N)Cc1ccccc1. The van der Waals surface area contributed by atoms with Crippen LogP contribution in [-0.2, 0) is 16.1 Å². The molecule has 0 spiro atoms. The Morgan fingerprint density at radius 1 is 1.09 bits per heavy atom. The molecule has 2 aromatic carbocycles. The minimum atomic E-state index is -0.265. The van der Waals surface area contributed by atoms with Gasteiger partial charge in [0.2, 0.25) is 0 Å². The molecule has 23 heavy (non-hydrogen) atoms. The fraction of sp³-hybridized carbons (Fsp3) is 0.222. The molecule has 5 nitrogen and oxygen atoms in total. The number of hydrogen-bond acceptors (Lipinski definition) is 3. The summed E-state index contributed by atoms with van der Waals surface area (Å²) in [5.41, 5.74) is 9.64. The molecule has 0 saturated carbocycles. The van der Waals surface area contributed by atoms with Crippen LogP contribution in [0.3, 0.4) is 0 Å². The molecular formula is C18H21N3O2. The van der Waals surface area contributed by atoms with E-state index in [9.17, 15) is 4.79 Å². The van der Waals surface area contributed by atoms with Gasteiger partial charge in [-0.25, -0.2) is 0 Å². The van der Waals surface area contributed by atoms with E-state index in [1.165, 1.54) is 0 Å². The maximum atomic E-state index is 11.9. The number of nitrogens with two attached hydrogens (primary N) is 1. The van der Waals surface area contributed by atoms with Crippen LogP contribution in [0.25, 0.3) is 0 Å². The van der Waals surface area contributed by atoms with Crippen molar-refractivity contribution in [3.05, 3.63) is 65.2 Å². The highest BCUT2D eigenvalue weighted by Gasteiger charge is 2.07. The largest absolute Gasteiger partial charge is 0.384 e. The van der Waals surface area contributed by atoms with E-state index < -0.39 is 0 Å². The lowest BCUT2D eigenvalue weighted by Gasteiger charge is -2.10. The van der Waals surface area contributed by atoms with Gasteiger partial charge in [-0.1, -0.05) is 53.7 Å². The van der Waals surface area contributed by atoms with E-state index in [1.807, 2.05) is 62.4 Å². The van der Waals surface area contributed by atoms with E-state index in [0.29, 0.717) is 12.3 Å². The maximum absolute atomic E-state index is 11.9. The quantitative estimate of drug-likeness (QED) is 0.489. The molecular weight excluding hydrogens is 290 g/mol. The predicted octanol–water partition coefficient (Wildman–Crippen LogP) is 2.77. The number of oxime groups is 1. The summed E-state index contributed by atoms with van der Waals surface area (Å²) in [6.07, 6.45) is 0.485. The fourth-order valence-corrected chi connectivity index (χ4v) is 2.20. The van der Waals surface area contributed by atoms with Crippen molar-refractivity contribution in [2.45, 2.75) is 20.3 Å². The first-order valence-corrected chi connectivity index (χ1v) is 7.40. The average molecular weight is 311 g/mol. The molecule has 0 fully saturated rings. The Balaban J connectivity index is 1.83. The van der Waals surface area contributed by atoms with Gasteiger partial charge in [0.25, 0.3) is 5.91 Å². The Kier molecular flexibility index (Phi) is 5.74. The topological polar surface area (TPSA) is 76.7 Å². The first-order valence-electron chi connectivity index (χ1n) is 7.40. The highest BCUT2D eigenvalue weighted by Crippen LogP contribution is 2.19. The summed E-state index contributed by atoms with van der Waals surface area (Å²) in [4.78, 5) is 16.9. The molecule has 0 bridgehead atoms. The second-order valence-electron chi connectivity index (χ2n) is 5.33. The lowest BCUT2D eigenvalue weighted by Crippen LogP contribution is -2.20. The Morgan fingerprint density at radius 2 is 1.74 bits per heavy atom. The molecule has 0 atom stereocenters. The van der Waals surface area contributed by atoms with Gasteiger partial charge < -0.3 is 15.9 Å². The van der Waals surface area contributed by atoms with Gasteiger partial charge in [0.1, 0.15) is 5.84 Å². The van der Waals surface area contributed by atoms with Crippen LogP contribution in [0.4, 0.5) is 5.69 Å². The molecule has 0 heterocycles. The van der Waals surface area contributed by atoms with Crippen LogP contribution < -0.4 is 11.1 Å². The van der Waals surface area contributed by atoms with Crippen LogP contribution in [-0.4, -0.2) is 18.3 Å². The smallest absolute Gasteiger partial charge is 0.265 e. The standard InChI is InChI=1S/C18H21N3O2/c1-13-7-6-8-14(2)18(13)20-17(22)12-23-21-16(19)11-15-9-4-3-5-10-15/h3-10H,11-12H2,1-2H3,(H2,19,21)(H,20,22). The number of nitrogens with zero attached hydrogens (tertiary/aromatic N) is 1. The molecule has 1 amide bonds. The van der Waals surface area contributed by atoms with Crippen molar-refractivity contribution in [1.82, 2.24) is 0 Å². The number of rotatable bonds is 6. The summed E-state index contributed by atoms with van der Waals surface area (Å²) in [5, 5.41) is 6.61. The van der Waals surface area contributed by atoms with Crippen LogP contribution in [0.2, 0.25) is 0 Å². The monoisotopic (exact) mass is 311 g/mol. The molecule has 2 aromatic rings. The van der Waals surface area contributed by atoms with Crippen molar-refractivity contribution < 1.29 is 9.63 Å². The van der Waals surface area contributed by atoms with Crippen LogP contribution >= 0.6 is 0 Å². The molecule has 0 aliphatic rings. The van der Waals surface area contributed by atoms with Crippen molar-refractivity contribution in [2.24, 2.45) is 10.9 Å². The predicted molar refractivity (Wildman–Crippen MR) is 92.3 cm³/mol. The van der Waals surface area contributed by atoms with Crippen LogP contribution in [0.1, 0.15) is 16.7 Å². The third-order valence-electron chi connectivity index (χ3n) is 3.35. The number of benzene rings is 2. The van der Waals surface area contributed by atoms with E-state index in [2.05, 4.69) is 10.5 Å². The molecule has 0 unspecified atom stereocenters. The highest BCUT2D eigenvalue weighted by atomic mass is 16.6. The number of carbonyl (C=O) groups excluding carboxylic acids is 1. The zero-order valence-corrected chi connectivity index (χ0v) is 13.4. The summed E-state index contributed by atoms with van der Waals surface area (Å²) < 4.78 is 0. The summed E-state index contributed by atoms with van der Waals surface area (Å²) in [6.45, 7) is 3.71. The van der Waals surface area contributed by atoms with Gasteiger partial charge in [0.05, 0.1) is 0 Å². The lowest BCUT2D eigenvalue weighted by atomic mass is 10.1. The Labute approximate surface area is 136 Å². The van der Waals surface area contributed by atoms with Crippen molar-refractivity contribution in [3.63, 3.8) is 0 Å². The molecule has 2 rings (SSSR count). The first kappa shape index (κ1) is 16.5. The van der Waals surface area contributed by atoms with E-state index >= 15 is 0 Å². The normalized spacial score (nSPS) is 11.1. The first-order chi connectivity index (χ1) is 11.1. The van der Waals surface area contributed by atoms with E-state index in [-0.39, 0.29) is 12.5 Å². The fourth-order valence-electron chi connectivity index (χ4n) is 2.20. The number of nitrogens with one attached hydrogen (secondary N) is 1. The second-order valence-corrected chi connectivity index (χ2v) is 5.33. The molecule has 0 aliphatic carbocycles. The number of carbonyl (C=O) groups is 1. The number of aryl methyl sites for hydroxylation is 2. The summed E-state index contributed by atoms with van der Waals surface area (Å²) in [5.74, 6) is 0.0646. The number of amidine groups is 1. The van der Waals surface area contributed by atoms with E-state index in [4.69, 9.17) is 10.6 Å². The molecule has 0 aromatic heterocycles. The molecule has 0 radical (unpaired) electrons. The summed E-state index contributed by atoms with van der Waals surface area (Å²) in [7, 11) is 0. The number of hydrogen-bond donors (Lipinski definition) is 2. The summed E-state index contributed by atoms with van der Waals surface area (Å²) in [6, 6.07) is 15.5. The Hall–Kier alpha value is -2.82. The zero-order valence-electron chi connectivity index (χ0n) is 13.4. The van der Waals surface area contributed by atoms with Gasteiger partial charge in [-0.3, -0.25) is 4.79 Å². The van der Waals surface area contributed by atoms with Crippen molar-refractivity contribution >= 4 is 17.4 Å². The van der Waals surface area contributed by atoms with Crippen LogP contribution in [0.5, 0.6) is 0 Å². The third-order valence-corrected chi connectivity index (χ3v) is 3.35. The second kappa shape index (κ2) is 7.98. The van der Waals surface area contributed by atoms with Crippen molar-refractivity contribution in [1.29, 1.82) is 0 Å². The van der Waals surface area contributed by atoms with Crippen LogP contribution in [0.15, 0.2) is 53.7 Å². The van der Waals surface area contributed by atoms with E-state index in [1.54, 1.807) is 0 Å². The minimum Gasteiger partial charge on any atom is -0.384 e. The Morgan fingerprint density at radius 3 is 2.39 bits per heavy atom. The van der Waals surface area contributed by atoms with Crippen LogP contribution in [0, 0.1) is 13.8 Å². The molecule has 0 aliphatic heterocycles. The maximum Gasteiger partial charge on any atom is 0.265 e. The molecule has 0 saturated heterocycles. The lowest BCUT2D eigenvalue weighted by molar-refractivity contribution is -0.120. The van der Waals surface area contributed by atoms with E-state index in [0.717, 1.165) is 22.4 Å². The van der Waals surface area contributed by atoms with Gasteiger partial charge in [0.15, 0.2) is 6.61 Å². The summed E-state index contributed by atoms with van der Waals surface area (Å²) >= 11 is 0. The van der Waals surface area contributed by atoms with Gasteiger partial charge in [-0.05, 0) is 30.5 Å². The molecule has 5 heteroatoms. The van der Waals surface area contributed by atoms with Gasteiger partial charge >= 0.3 is 0 Å². The number of amides is 1. The van der Waals surface area contributed by atoms with Crippen molar-refractivity contribution in [2.75, 3.05) is 11.9 Å². The van der Waals surface area contributed by atoms with Gasteiger partial charge in [-0.2, -0.15) is 0 Å². The van der Waals surface area contributed by atoms with Crippen molar-refractivity contribution in [3.8, 4) is 0 Å². The Bertz CT molecular complexity index is 676. The average Bonchev–Trinajstić information content (AvgIpc) is 2.52. The highest BCUT2D eigenvalue weighted by molar-refractivity contribution is 5.93. The molecule has 120 valence electrons. The minimum absolute atomic E-state index is 0.177. The zero-order chi connectivity index (χ0) is 16.7. The molecule has 3 N–H and O–H groups in total. The third kappa shape index (κ3) is 5.14. The number of anilines is 1. The van der Waals surface area contributed by atoms with Gasteiger partial charge in [0, 0.05) is 12.1 Å². The number of para-hydroxylation sites is 1.